The molecule has 1 atom stereocenters. The molecule has 0 unspecified atom stereocenters. The fourth-order valence-corrected chi connectivity index (χ4v) is 2.11. The highest BCUT2D eigenvalue weighted by atomic mass is 35.5. The number of amides is 1. The Labute approximate surface area is 120 Å². The summed E-state index contributed by atoms with van der Waals surface area (Å²) < 4.78 is 0. The lowest BCUT2D eigenvalue weighted by atomic mass is 10.1. The molecule has 1 aliphatic heterocycles. The van der Waals surface area contributed by atoms with E-state index in [1.165, 1.54) is 29.2 Å². The quantitative estimate of drug-likeness (QED) is 0.672. The number of carbonyl (C=O) groups is 2. The largest absolute Gasteiger partial charge is 0.480 e. The number of hydrogen-bond acceptors (Lipinski definition) is 4. The molecule has 1 heterocycles. The molecule has 1 N–H and O–H groups in total. The zero-order chi connectivity index (χ0) is 14.0. The van der Waals surface area contributed by atoms with E-state index in [4.69, 9.17) is 5.11 Å². The standard InChI is InChI=1S/C12H12N2O5.ClH/c15-11-6-5-10(12(16)17)13(11)7-8-1-3-9(4-2-8)14(18)19;/h1-4,10H,5-7H2,(H,16,17);1H/t10-;/m0./s1. The lowest BCUT2D eigenvalue weighted by Crippen LogP contribution is -2.37. The third kappa shape index (κ3) is 3.24. The number of likely N-dealkylation sites (tertiary alicyclic amines) is 1. The van der Waals surface area contributed by atoms with E-state index in [-0.39, 0.29) is 37.0 Å². The molecule has 2 rings (SSSR count). The predicted molar refractivity (Wildman–Crippen MR) is 71.6 cm³/mol. The normalized spacial score (nSPS) is 17.7. The maximum absolute atomic E-state index is 11.6. The monoisotopic (exact) mass is 300 g/mol. The van der Waals surface area contributed by atoms with Crippen molar-refractivity contribution < 1.29 is 19.6 Å². The van der Waals surface area contributed by atoms with Crippen molar-refractivity contribution in [2.45, 2.75) is 25.4 Å². The van der Waals surface area contributed by atoms with Gasteiger partial charge in [-0.15, -0.1) is 12.4 Å². The third-order valence-electron chi connectivity index (χ3n) is 3.11. The van der Waals surface area contributed by atoms with Crippen LogP contribution in [0.5, 0.6) is 0 Å². The van der Waals surface area contributed by atoms with Gasteiger partial charge >= 0.3 is 5.97 Å². The first kappa shape index (κ1) is 15.9. The van der Waals surface area contributed by atoms with Gasteiger partial charge in [0.15, 0.2) is 0 Å². The topological polar surface area (TPSA) is 101 Å². The van der Waals surface area contributed by atoms with Crippen molar-refractivity contribution in [1.82, 2.24) is 4.90 Å². The van der Waals surface area contributed by atoms with Crippen LogP contribution in [0, 0.1) is 10.1 Å². The van der Waals surface area contributed by atoms with E-state index in [0.29, 0.717) is 12.0 Å². The molecule has 108 valence electrons. The lowest BCUT2D eigenvalue weighted by molar-refractivity contribution is -0.384. The highest BCUT2D eigenvalue weighted by Crippen LogP contribution is 2.22. The highest BCUT2D eigenvalue weighted by molar-refractivity contribution is 5.87. The summed E-state index contributed by atoms with van der Waals surface area (Å²) in [4.78, 5) is 33.9. The molecular weight excluding hydrogens is 288 g/mol. The first-order valence-electron chi connectivity index (χ1n) is 5.74. The lowest BCUT2D eigenvalue weighted by Gasteiger charge is -2.21. The number of rotatable bonds is 4. The van der Waals surface area contributed by atoms with Gasteiger partial charge in [0.2, 0.25) is 5.91 Å². The molecule has 1 aliphatic rings. The number of carbonyl (C=O) groups excluding carboxylic acids is 1. The third-order valence-corrected chi connectivity index (χ3v) is 3.11. The molecule has 8 heteroatoms. The molecule has 20 heavy (non-hydrogen) atoms. The van der Waals surface area contributed by atoms with Gasteiger partial charge in [-0.3, -0.25) is 14.9 Å². The van der Waals surface area contributed by atoms with Crippen LogP contribution in [-0.2, 0) is 16.1 Å². The number of nitro groups is 1. The summed E-state index contributed by atoms with van der Waals surface area (Å²) in [5.74, 6) is -1.22. The van der Waals surface area contributed by atoms with E-state index in [2.05, 4.69) is 0 Å². The Morgan fingerprint density at radius 2 is 2.00 bits per heavy atom. The molecule has 0 aliphatic carbocycles. The molecular formula is C12H13ClN2O5. The van der Waals surface area contributed by atoms with Crippen LogP contribution in [0.15, 0.2) is 24.3 Å². The number of nitrogens with zero attached hydrogens (tertiary/aromatic N) is 2. The van der Waals surface area contributed by atoms with E-state index in [0.717, 1.165) is 0 Å². The van der Waals surface area contributed by atoms with Crippen molar-refractivity contribution in [2.24, 2.45) is 0 Å². The Morgan fingerprint density at radius 1 is 1.40 bits per heavy atom. The second-order valence-electron chi connectivity index (χ2n) is 4.34. The zero-order valence-electron chi connectivity index (χ0n) is 10.4. The van der Waals surface area contributed by atoms with Crippen molar-refractivity contribution in [2.75, 3.05) is 0 Å². The molecule has 0 aromatic heterocycles. The van der Waals surface area contributed by atoms with Gasteiger partial charge in [-0.05, 0) is 12.0 Å². The van der Waals surface area contributed by atoms with Crippen molar-refractivity contribution >= 4 is 30.0 Å². The number of carboxylic acids is 1. The zero-order valence-corrected chi connectivity index (χ0v) is 11.2. The van der Waals surface area contributed by atoms with Crippen LogP contribution in [0.2, 0.25) is 0 Å². The van der Waals surface area contributed by atoms with Crippen LogP contribution in [0.25, 0.3) is 0 Å². The molecule has 0 saturated carbocycles. The van der Waals surface area contributed by atoms with Gasteiger partial charge in [0.1, 0.15) is 6.04 Å². The molecule has 7 nitrogen and oxygen atoms in total. The summed E-state index contributed by atoms with van der Waals surface area (Å²) in [6.45, 7) is 0.161. The van der Waals surface area contributed by atoms with E-state index in [1.807, 2.05) is 0 Å². The van der Waals surface area contributed by atoms with Crippen molar-refractivity contribution in [3.05, 3.63) is 39.9 Å². The van der Waals surface area contributed by atoms with Crippen molar-refractivity contribution in [3.63, 3.8) is 0 Å². The number of hydrogen-bond donors (Lipinski definition) is 1. The Bertz CT molecular complexity index is 531. The van der Waals surface area contributed by atoms with Crippen LogP contribution in [0.4, 0.5) is 5.69 Å². The molecule has 1 aromatic rings. The van der Waals surface area contributed by atoms with Crippen molar-refractivity contribution in [1.29, 1.82) is 0 Å². The molecule has 1 saturated heterocycles. The Kier molecular flexibility index (Phi) is 5.04. The number of nitro benzene ring substituents is 1. The van der Waals surface area contributed by atoms with Crippen LogP contribution in [-0.4, -0.2) is 32.8 Å². The first-order chi connectivity index (χ1) is 8.99. The molecule has 1 fully saturated rings. The maximum Gasteiger partial charge on any atom is 0.326 e. The Balaban J connectivity index is 0.00000200. The van der Waals surface area contributed by atoms with Crippen LogP contribution in [0.3, 0.4) is 0 Å². The van der Waals surface area contributed by atoms with Gasteiger partial charge in [-0.2, -0.15) is 0 Å². The molecule has 1 amide bonds. The number of benzene rings is 1. The smallest absolute Gasteiger partial charge is 0.326 e. The average molecular weight is 301 g/mol. The van der Waals surface area contributed by atoms with Crippen molar-refractivity contribution in [3.8, 4) is 0 Å². The minimum atomic E-state index is -1.02. The summed E-state index contributed by atoms with van der Waals surface area (Å²) in [5, 5.41) is 19.5. The Morgan fingerprint density at radius 3 is 2.50 bits per heavy atom. The van der Waals surface area contributed by atoms with Crippen LogP contribution < -0.4 is 0 Å². The number of aliphatic carboxylic acids is 1. The maximum atomic E-state index is 11.6. The summed E-state index contributed by atoms with van der Waals surface area (Å²) in [7, 11) is 0. The fourth-order valence-electron chi connectivity index (χ4n) is 2.11. The fraction of sp³-hybridized carbons (Fsp3) is 0.333. The predicted octanol–water partition coefficient (Wildman–Crippen LogP) is 1.59. The van der Waals surface area contributed by atoms with E-state index in [9.17, 15) is 19.7 Å². The minimum Gasteiger partial charge on any atom is -0.480 e. The first-order valence-corrected chi connectivity index (χ1v) is 5.74. The molecule has 0 spiro atoms. The van der Waals surface area contributed by atoms with Gasteiger partial charge in [-0.25, -0.2) is 4.79 Å². The number of carboxylic acid groups (broad SMARTS) is 1. The SMILES string of the molecule is Cl.O=C(O)[C@@H]1CCC(=O)N1Cc1ccc([N+](=O)[O-])cc1. The van der Waals surface area contributed by atoms with Gasteiger partial charge in [0.25, 0.3) is 5.69 Å². The Hall–Kier alpha value is -2.15. The van der Waals surface area contributed by atoms with Crippen LogP contribution in [0.1, 0.15) is 18.4 Å². The number of halogens is 1. The average Bonchev–Trinajstić information content (AvgIpc) is 2.72. The summed E-state index contributed by atoms with van der Waals surface area (Å²) >= 11 is 0. The van der Waals surface area contributed by atoms with Crippen LogP contribution >= 0.6 is 12.4 Å². The molecule has 0 bridgehead atoms. The van der Waals surface area contributed by atoms with Gasteiger partial charge in [-0.1, -0.05) is 12.1 Å². The minimum absolute atomic E-state index is 0. The molecule has 1 aromatic carbocycles. The second kappa shape index (κ2) is 6.33. The van der Waals surface area contributed by atoms with E-state index in [1.54, 1.807) is 0 Å². The second-order valence-corrected chi connectivity index (χ2v) is 4.34. The highest BCUT2D eigenvalue weighted by Gasteiger charge is 2.35. The van der Waals surface area contributed by atoms with Gasteiger partial charge in [0, 0.05) is 25.1 Å². The van der Waals surface area contributed by atoms with Gasteiger partial charge in [0.05, 0.1) is 4.92 Å². The molecule has 0 radical (unpaired) electrons. The number of non-ortho nitro benzene ring substituents is 1. The van der Waals surface area contributed by atoms with E-state index >= 15 is 0 Å². The van der Waals surface area contributed by atoms with Gasteiger partial charge < -0.3 is 10.0 Å². The summed E-state index contributed by atoms with van der Waals surface area (Å²) in [6.07, 6.45) is 0.533. The summed E-state index contributed by atoms with van der Waals surface area (Å²) in [5.41, 5.74) is 0.637. The summed E-state index contributed by atoms with van der Waals surface area (Å²) in [6, 6.07) is 4.94. The van der Waals surface area contributed by atoms with E-state index < -0.39 is 16.9 Å².